The Morgan fingerprint density at radius 2 is 0.889 bits per heavy atom. The van der Waals surface area contributed by atoms with Crippen LogP contribution < -0.4 is 22.5 Å². The first-order valence-electron chi connectivity index (χ1n) is 18.8. The van der Waals surface area contributed by atoms with Crippen LogP contribution in [0, 0.1) is 0 Å². The van der Waals surface area contributed by atoms with Crippen LogP contribution in [0.1, 0.15) is 31.8 Å². The molecule has 15 nitrogen and oxygen atoms in total. The van der Waals surface area contributed by atoms with Gasteiger partial charge in [0, 0.05) is 63.5 Å². The maximum absolute atomic E-state index is 11.4. The summed E-state index contributed by atoms with van der Waals surface area (Å²) in [6.07, 6.45) is 2.72. The van der Waals surface area contributed by atoms with Crippen LogP contribution >= 0.6 is 0 Å². The molecule has 15 heteroatoms. The molecule has 6 aliphatic heterocycles. The largest absolute Gasteiger partial charge is 0.372 e. The number of fused-ring (bicyclic) bond motifs is 1. The third-order valence-corrected chi connectivity index (χ3v) is 9.72. The second-order valence-corrected chi connectivity index (χ2v) is 14.9. The van der Waals surface area contributed by atoms with Gasteiger partial charge in [-0.3, -0.25) is 30.2 Å². The van der Waals surface area contributed by atoms with Crippen molar-refractivity contribution >= 4 is 22.6 Å². The summed E-state index contributed by atoms with van der Waals surface area (Å²) in [5, 5.41) is 1.68. The highest BCUT2D eigenvalue weighted by atomic mass is 16.6. The minimum absolute atomic E-state index is 0.360. The Labute approximate surface area is 316 Å². The molecule has 54 heavy (non-hydrogen) atoms. The van der Waals surface area contributed by atoms with Crippen LogP contribution in [0.25, 0.3) is 10.8 Å². The fourth-order valence-corrected chi connectivity index (χ4v) is 6.41. The first-order valence-corrected chi connectivity index (χ1v) is 18.8. The second kappa shape index (κ2) is 18.4. The number of nitrogens with zero attached hydrogens (tertiary/aromatic N) is 3. The molecular weight excluding hydrogens is 694 g/mol. The van der Waals surface area contributed by atoms with Crippen molar-refractivity contribution in [1.82, 2.24) is 25.6 Å². The summed E-state index contributed by atoms with van der Waals surface area (Å²) in [5.74, 6) is 9.41. The number of benzene rings is 3. The van der Waals surface area contributed by atoms with Gasteiger partial charge in [0.15, 0.2) is 0 Å². The lowest BCUT2D eigenvalue weighted by atomic mass is 10.0. The number of nitrogens with one attached hydrogen (secondary N) is 2. The van der Waals surface area contributed by atoms with Gasteiger partial charge in [0.1, 0.15) is 0 Å². The van der Waals surface area contributed by atoms with E-state index in [-0.39, 0.29) is 11.8 Å². The van der Waals surface area contributed by atoms with Gasteiger partial charge in [0.2, 0.25) is 0 Å². The Morgan fingerprint density at radius 1 is 0.556 bits per heavy atom. The maximum atomic E-state index is 11.4. The van der Waals surface area contributed by atoms with Gasteiger partial charge in [-0.25, -0.2) is 11.7 Å². The molecule has 2 amide bonds. The molecule has 0 aromatic heterocycles. The van der Waals surface area contributed by atoms with Gasteiger partial charge in [-0.05, 0) is 53.2 Å². The number of hydrazine groups is 2. The summed E-state index contributed by atoms with van der Waals surface area (Å²) >= 11 is 0. The SMILES string of the molecule is CN(CC1CO1)CC1CO1.NNC(=O)c1ccc2cc(C(=O)NN)ccc2c1.c1cc(CN(CC2CO2)CC2CO2)cc(CN(CC2CO2)CC2CO2)c1. The lowest BCUT2D eigenvalue weighted by molar-refractivity contribution is 0.0945. The lowest BCUT2D eigenvalue weighted by Gasteiger charge is -2.23. The van der Waals surface area contributed by atoms with Gasteiger partial charge in [-0.15, -0.1) is 0 Å². The molecule has 0 aliphatic carbocycles. The van der Waals surface area contributed by atoms with Crippen molar-refractivity contribution in [2.45, 2.75) is 49.7 Å². The zero-order chi connectivity index (χ0) is 37.4. The molecule has 3 aromatic rings. The second-order valence-electron chi connectivity index (χ2n) is 14.9. The molecule has 0 radical (unpaired) electrons. The van der Waals surface area contributed by atoms with Crippen molar-refractivity contribution in [2.75, 3.05) is 86.0 Å². The number of carbonyl (C=O) groups is 2. The average molecular weight is 748 g/mol. The summed E-state index contributed by atoms with van der Waals surface area (Å²) in [7, 11) is 2.11. The van der Waals surface area contributed by atoms with Gasteiger partial charge in [0.05, 0.1) is 76.3 Å². The minimum Gasteiger partial charge on any atom is -0.372 e. The summed E-state index contributed by atoms with van der Waals surface area (Å²) in [6, 6.07) is 19.1. The van der Waals surface area contributed by atoms with Crippen molar-refractivity contribution in [3.8, 4) is 0 Å². The number of hydrogen-bond acceptors (Lipinski definition) is 13. The highest BCUT2D eigenvalue weighted by molar-refractivity contribution is 6.01. The Bertz CT molecular complexity index is 1560. The van der Waals surface area contributed by atoms with Crippen LogP contribution in [0.15, 0.2) is 60.7 Å². The van der Waals surface area contributed by atoms with Gasteiger partial charge >= 0.3 is 0 Å². The molecule has 6 aliphatic rings. The number of carbonyl (C=O) groups excluding carboxylic acids is 2. The van der Waals surface area contributed by atoms with Gasteiger partial charge < -0.3 is 33.3 Å². The number of rotatable bonds is 18. The number of nitrogen functional groups attached to an aromatic ring is 2. The number of epoxide rings is 6. The first-order chi connectivity index (χ1) is 26.3. The van der Waals surface area contributed by atoms with E-state index in [1.165, 1.54) is 11.1 Å². The predicted octanol–water partition coefficient (Wildman–Crippen LogP) is 0.648. The predicted molar refractivity (Wildman–Crippen MR) is 200 cm³/mol. The van der Waals surface area contributed by atoms with Crippen LogP contribution in [0.4, 0.5) is 0 Å². The molecule has 9 rings (SSSR count). The summed E-state index contributed by atoms with van der Waals surface area (Å²) in [4.78, 5) is 29.9. The maximum Gasteiger partial charge on any atom is 0.265 e. The molecule has 3 aromatic carbocycles. The molecule has 6 fully saturated rings. The third kappa shape index (κ3) is 13.3. The minimum atomic E-state index is -0.360. The number of likely N-dealkylation sites (N-methyl/N-ethyl adjacent to an activating group) is 1. The molecule has 6 saturated heterocycles. The highest BCUT2D eigenvalue weighted by Crippen LogP contribution is 2.22. The quantitative estimate of drug-likeness (QED) is 0.0614. The number of amides is 2. The van der Waals surface area contributed by atoms with Crippen LogP contribution in [0.5, 0.6) is 0 Å². The van der Waals surface area contributed by atoms with Crippen molar-refractivity contribution in [3.63, 3.8) is 0 Å². The van der Waals surface area contributed by atoms with E-state index in [4.69, 9.17) is 40.1 Å². The van der Waals surface area contributed by atoms with Crippen LogP contribution in [0.3, 0.4) is 0 Å². The van der Waals surface area contributed by atoms with Crippen LogP contribution in [-0.2, 0) is 41.5 Å². The van der Waals surface area contributed by atoms with Crippen molar-refractivity contribution < 1.29 is 38.0 Å². The zero-order valence-corrected chi connectivity index (χ0v) is 30.9. The molecule has 0 spiro atoms. The fraction of sp³-hybridized carbons (Fsp3) is 0.538. The van der Waals surface area contributed by atoms with Gasteiger partial charge in [0.25, 0.3) is 11.8 Å². The molecule has 6 heterocycles. The Kier molecular flexibility index (Phi) is 13.2. The molecule has 292 valence electrons. The third-order valence-electron chi connectivity index (χ3n) is 9.72. The average Bonchev–Trinajstić information content (AvgIpc) is 3.94. The van der Waals surface area contributed by atoms with E-state index in [1.54, 1.807) is 36.4 Å². The first kappa shape index (κ1) is 38.7. The van der Waals surface area contributed by atoms with Crippen molar-refractivity contribution in [1.29, 1.82) is 0 Å². The standard InChI is InChI=1S/C20H28N2O4.C12H12N4O2.C7H13NO2/c1-2-15(5-21(7-17-11-23-17)8-18-12-24-18)4-16(3-1)6-22(9-19-13-25-19)10-20-14-26-20;13-15-11(17)9-3-1-7-5-10(12(18)16-14)4-2-8(7)6-9;1-8(2-6-4-9-6)3-7-5-10-7/h1-4,17-20H,5-14H2;1-6H,13-14H2,(H,15,17)(H,16,18);6-7H,2-5H2,1H3. The summed E-state index contributed by atoms with van der Waals surface area (Å²) in [6.45, 7) is 13.6. The van der Waals surface area contributed by atoms with E-state index < -0.39 is 0 Å². The molecular formula is C39H53N7O8. The van der Waals surface area contributed by atoms with Crippen LogP contribution in [-0.4, -0.2) is 149 Å². The normalized spacial score (nSPS) is 25.3. The molecule has 6 atom stereocenters. The number of nitrogens with two attached hydrogens (primary N) is 2. The summed E-state index contributed by atoms with van der Waals surface area (Å²) < 4.78 is 31.9. The molecule has 6 N–H and O–H groups in total. The Morgan fingerprint density at radius 3 is 1.20 bits per heavy atom. The van der Waals surface area contributed by atoms with Gasteiger partial charge in [-0.1, -0.05) is 36.4 Å². The van der Waals surface area contributed by atoms with E-state index in [1.807, 2.05) is 0 Å². The van der Waals surface area contributed by atoms with E-state index >= 15 is 0 Å². The zero-order valence-electron chi connectivity index (χ0n) is 30.9. The number of hydrogen-bond donors (Lipinski definition) is 4. The van der Waals surface area contributed by atoms with E-state index in [0.29, 0.717) is 47.8 Å². The smallest absolute Gasteiger partial charge is 0.265 e. The molecule has 0 saturated carbocycles. The highest BCUT2D eigenvalue weighted by Gasteiger charge is 2.32. The van der Waals surface area contributed by atoms with Crippen LogP contribution in [0.2, 0.25) is 0 Å². The molecule has 0 bridgehead atoms. The fourth-order valence-electron chi connectivity index (χ4n) is 6.41. The molecule has 6 unspecified atom stereocenters. The van der Waals surface area contributed by atoms with E-state index in [0.717, 1.165) is 103 Å². The van der Waals surface area contributed by atoms with Crippen molar-refractivity contribution in [3.05, 3.63) is 82.9 Å². The van der Waals surface area contributed by atoms with Gasteiger partial charge in [-0.2, -0.15) is 0 Å². The topological polar surface area (TPSA) is 195 Å². The van der Waals surface area contributed by atoms with E-state index in [9.17, 15) is 9.59 Å². The summed E-state index contributed by atoms with van der Waals surface area (Å²) in [5.41, 5.74) is 7.79. The Balaban J connectivity index is 0.000000139. The monoisotopic (exact) mass is 747 g/mol. The lowest BCUT2D eigenvalue weighted by Crippen LogP contribution is -2.32. The van der Waals surface area contributed by atoms with Crippen molar-refractivity contribution in [2.24, 2.45) is 11.7 Å². The number of ether oxygens (including phenoxy) is 6. The van der Waals surface area contributed by atoms with E-state index in [2.05, 4.69) is 56.9 Å². The Hall–Kier alpha value is -3.58.